The number of ether oxygens (including phenoxy) is 1. The zero-order valence-electron chi connectivity index (χ0n) is 23.2. The van der Waals surface area contributed by atoms with Gasteiger partial charge in [0, 0.05) is 36.6 Å². The smallest absolute Gasteiger partial charge is 0.182 e. The number of aromatic nitrogens is 2. The van der Waals surface area contributed by atoms with Gasteiger partial charge in [-0.25, -0.2) is 21.5 Å². The van der Waals surface area contributed by atoms with E-state index in [2.05, 4.69) is 64.9 Å². The quantitative estimate of drug-likeness (QED) is 0.240. The van der Waals surface area contributed by atoms with Gasteiger partial charge in [0.15, 0.2) is 31.7 Å². The fourth-order valence-electron chi connectivity index (χ4n) is 5.12. The number of aryl methyl sites for hydroxylation is 1. The maximum atomic E-state index is 12.8. The fourth-order valence-corrected chi connectivity index (χ4v) is 11.6. The molecule has 0 amide bonds. The van der Waals surface area contributed by atoms with Gasteiger partial charge in [-0.2, -0.15) is 5.10 Å². The third-order valence-electron chi connectivity index (χ3n) is 8.04. The van der Waals surface area contributed by atoms with Crippen molar-refractivity contribution in [3.63, 3.8) is 0 Å². The number of halogens is 3. The van der Waals surface area contributed by atoms with E-state index in [-0.39, 0.29) is 16.7 Å². The third kappa shape index (κ3) is 7.11. The van der Waals surface area contributed by atoms with Crippen LogP contribution in [-0.2, 0) is 24.4 Å². The second-order valence-electron chi connectivity index (χ2n) is 11.0. The van der Waals surface area contributed by atoms with Crippen LogP contribution in [0.1, 0.15) is 69.7 Å². The molecule has 1 aromatic heterocycles. The largest absolute Gasteiger partial charge is 0.357 e. The number of hydrogen-bond acceptors (Lipinski definition) is 7. The second-order valence-corrected chi connectivity index (χ2v) is 18.3. The predicted octanol–water partition coefficient (Wildman–Crippen LogP) is 8.10. The SMILES string of the molecule is Cc1cc(Nc2ccc(Br)c(S(=O)(=O)C3CCC3)c2)nn1C1CCCCO1.O=S(=O)(c1cc(I)ccc1Br)C1CCC1. The molecule has 2 aromatic carbocycles. The first-order chi connectivity index (χ1) is 20.0. The summed E-state index contributed by atoms with van der Waals surface area (Å²) in [6.07, 6.45) is 8.30. The van der Waals surface area contributed by atoms with Crippen molar-refractivity contribution < 1.29 is 21.6 Å². The third-order valence-corrected chi connectivity index (χ3v) is 15.2. The number of rotatable bonds is 7. The summed E-state index contributed by atoms with van der Waals surface area (Å²) in [7, 11) is -6.41. The molecular weight excluding hydrogens is 821 g/mol. The highest BCUT2D eigenvalue weighted by atomic mass is 127. The van der Waals surface area contributed by atoms with Crippen LogP contribution < -0.4 is 5.32 Å². The number of hydrogen-bond donors (Lipinski definition) is 1. The highest BCUT2D eigenvalue weighted by Gasteiger charge is 2.35. The van der Waals surface area contributed by atoms with Gasteiger partial charge in [-0.05, 0) is 143 Å². The van der Waals surface area contributed by atoms with Gasteiger partial charge in [0.1, 0.15) is 0 Å². The molecule has 1 aliphatic heterocycles. The lowest BCUT2D eigenvalue weighted by molar-refractivity contribution is -0.0404. The van der Waals surface area contributed by atoms with Gasteiger partial charge < -0.3 is 10.1 Å². The topological polar surface area (TPSA) is 107 Å². The molecule has 3 aliphatic rings. The number of anilines is 2. The molecule has 1 unspecified atom stereocenters. The van der Waals surface area contributed by atoms with Gasteiger partial charge in [0.2, 0.25) is 0 Å². The van der Waals surface area contributed by atoms with Crippen LogP contribution in [0.4, 0.5) is 11.5 Å². The van der Waals surface area contributed by atoms with Crippen molar-refractivity contribution >= 4 is 85.6 Å². The minimum absolute atomic E-state index is 0.0197. The standard InChI is InChI=1S/C19H24BrN3O3S.C10H10BrIO2S/c1-13-11-18(22-23(13)19-7-2-3-10-26-19)21-14-8-9-16(20)17(12-14)27(24,25)15-5-4-6-15;11-9-5-4-7(12)6-10(9)15(13,14)8-2-1-3-8/h8-9,11-12,15,19H,2-7,10H2,1H3,(H,21,22);4-6,8H,1-3H2. The zero-order valence-corrected chi connectivity index (χ0v) is 30.2. The average molecular weight is 855 g/mol. The zero-order chi connectivity index (χ0) is 30.1. The van der Waals surface area contributed by atoms with Crippen molar-refractivity contribution in [2.75, 3.05) is 11.9 Å². The van der Waals surface area contributed by atoms with Crippen LogP contribution >= 0.6 is 54.5 Å². The van der Waals surface area contributed by atoms with Crippen LogP contribution in [0.2, 0.25) is 0 Å². The summed E-state index contributed by atoms with van der Waals surface area (Å²) in [6, 6.07) is 12.7. The minimum atomic E-state index is -3.30. The summed E-state index contributed by atoms with van der Waals surface area (Å²) in [4.78, 5) is 0.795. The molecule has 0 radical (unpaired) electrons. The number of nitrogens with one attached hydrogen (secondary N) is 1. The van der Waals surface area contributed by atoms with Crippen LogP contribution in [0.3, 0.4) is 0 Å². The van der Waals surface area contributed by atoms with Gasteiger partial charge in [-0.15, -0.1) is 0 Å². The van der Waals surface area contributed by atoms with E-state index in [1.54, 1.807) is 24.3 Å². The van der Waals surface area contributed by atoms with E-state index in [4.69, 9.17) is 4.74 Å². The average Bonchev–Trinajstić information content (AvgIpc) is 3.24. The first-order valence-electron chi connectivity index (χ1n) is 14.1. The molecule has 13 heteroatoms. The molecule has 3 fully saturated rings. The summed E-state index contributed by atoms with van der Waals surface area (Å²) >= 11 is 8.83. The molecule has 2 saturated carbocycles. The Morgan fingerprint density at radius 3 is 1.98 bits per heavy atom. The van der Waals surface area contributed by atoms with E-state index in [9.17, 15) is 16.8 Å². The molecule has 2 heterocycles. The van der Waals surface area contributed by atoms with Crippen molar-refractivity contribution in [3.05, 3.63) is 60.7 Å². The summed E-state index contributed by atoms with van der Waals surface area (Å²) in [5.41, 5.74) is 1.73. The maximum absolute atomic E-state index is 12.8. The fraction of sp³-hybridized carbons (Fsp3) is 0.483. The molecule has 2 aliphatic carbocycles. The molecule has 1 atom stereocenters. The molecular formula is C29H34Br2IN3O5S2. The predicted molar refractivity (Wildman–Crippen MR) is 180 cm³/mol. The molecule has 6 rings (SSSR count). The summed E-state index contributed by atoms with van der Waals surface area (Å²) in [5.74, 6) is 0.691. The van der Waals surface area contributed by atoms with E-state index in [0.717, 1.165) is 73.7 Å². The van der Waals surface area contributed by atoms with Crippen LogP contribution in [-0.4, -0.2) is 43.7 Å². The maximum Gasteiger partial charge on any atom is 0.182 e. The molecule has 3 aromatic rings. The van der Waals surface area contributed by atoms with Crippen LogP contribution in [0, 0.1) is 10.5 Å². The number of nitrogens with zero attached hydrogens (tertiary/aromatic N) is 2. The Bertz CT molecular complexity index is 1650. The molecule has 8 nitrogen and oxygen atoms in total. The molecule has 0 spiro atoms. The molecule has 0 bridgehead atoms. The number of sulfone groups is 2. The summed E-state index contributed by atoms with van der Waals surface area (Å²) < 4.78 is 59.9. The monoisotopic (exact) mass is 853 g/mol. The Morgan fingerprint density at radius 1 is 0.833 bits per heavy atom. The molecule has 1 saturated heterocycles. The lowest BCUT2D eigenvalue weighted by Gasteiger charge is -2.25. The second kappa shape index (κ2) is 13.6. The first-order valence-corrected chi connectivity index (χ1v) is 19.9. The van der Waals surface area contributed by atoms with Crippen LogP contribution in [0.5, 0.6) is 0 Å². The van der Waals surface area contributed by atoms with Crippen LogP contribution in [0.15, 0.2) is 61.2 Å². The Morgan fingerprint density at radius 2 is 1.43 bits per heavy atom. The van der Waals surface area contributed by atoms with Crippen molar-refractivity contribution in [1.29, 1.82) is 0 Å². The van der Waals surface area contributed by atoms with E-state index in [0.29, 0.717) is 30.2 Å². The van der Waals surface area contributed by atoms with E-state index in [1.165, 1.54) is 0 Å². The normalized spacial score (nSPS) is 19.8. The molecule has 228 valence electrons. The Kier molecular flexibility index (Phi) is 10.5. The van der Waals surface area contributed by atoms with Gasteiger partial charge in [0.25, 0.3) is 0 Å². The van der Waals surface area contributed by atoms with Gasteiger partial charge in [-0.1, -0.05) is 12.8 Å². The highest BCUT2D eigenvalue weighted by Crippen LogP contribution is 2.37. The Labute approximate surface area is 278 Å². The minimum Gasteiger partial charge on any atom is -0.357 e. The first kappa shape index (κ1) is 32.4. The van der Waals surface area contributed by atoms with E-state index in [1.807, 2.05) is 29.8 Å². The van der Waals surface area contributed by atoms with Gasteiger partial charge in [0.05, 0.1) is 20.3 Å². The summed E-state index contributed by atoms with van der Waals surface area (Å²) in [6.45, 7) is 2.77. The Balaban J connectivity index is 0.000000199. The highest BCUT2D eigenvalue weighted by molar-refractivity contribution is 14.1. The van der Waals surface area contributed by atoms with Crippen molar-refractivity contribution in [2.45, 2.75) is 91.2 Å². The van der Waals surface area contributed by atoms with Gasteiger partial charge >= 0.3 is 0 Å². The van der Waals surface area contributed by atoms with E-state index < -0.39 is 19.7 Å². The molecule has 1 N–H and O–H groups in total. The summed E-state index contributed by atoms with van der Waals surface area (Å²) in [5, 5.41) is 7.46. The lowest BCUT2D eigenvalue weighted by Crippen LogP contribution is -2.28. The lowest BCUT2D eigenvalue weighted by atomic mass is 10.00. The van der Waals surface area contributed by atoms with Gasteiger partial charge in [-0.3, -0.25) is 0 Å². The Hall–Kier alpha value is -1.000. The van der Waals surface area contributed by atoms with Crippen molar-refractivity contribution in [1.82, 2.24) is 9.78 Å². The molecule has 42 heavy (non-hydrogen) atoms. The number of benzene rings is 2. The van der Waals surface area contributed by atoms with E-state index >= 15 is 0 Å². The van der Waals surface area contributed by atoms with Crippen LogP contribution in [0.25, 0.3) is 0 Å². The van der Waals surface area contributed by atoms with Crippen molar-refractivity contribution in [2.24, 2.45) is 0 Å². The van der Waals surface area contributed by atoms with Crippen molar-refractivity contribution in [3.8, 4) is 0 Å².